The Balaban J connectivity index is 0.000000146. The van der Waals surface area contributed by atoms with E-state index in [4.69, 9.17) is 18.2 Å². The number of halogens is 34. The first-order valence-electron chi connectivity index (χ1n) is 45.3. The van der Waals surface area contributed by atoms with E-state index in [1.54, 1.807) is 0 Å². The molecule has 2 aromatic carbocycles. The van der Waals surface area contributed by atoms with Crippen molar-refractivity contribution >= 4 is 17.3 Å². The van der Waals surface area contributed by atoms with Crippen molar-refractivity contribution in [3.63, 3.8) is 0 Å². The molecule has 7 heterocycles. The van der Waals surface area contributed by atoms with Crippen LogP contribution in [0.25, 0.3) is 38.2 Å². The van der Waals surface area contributed by atoms with Crippen LogP contribution in [-0.4, -0.2) is 111 Å². The lowest BCUT2D eigenvalue weighted by atomic mass is 9.68. The number of hydrogen-bond donors (Lipinski definition) is 4. The van der Waals surface area contributed by atoms with Gasteiger partial charge in [0.05, 0.1) is 31.1 Å². The summed E-state index contributed by atoms with van der Waals surface area (Å²) >= 11 is 5.69. The molecule has 9 aromatic rings. The highest BCUT2D eigenvalue weighted by Crippen LogP contribution is 2.62. The van der Waals surface area contributed by atoms with Crippen LogP contribution in [0.5, 0.6) is 0 Å². The highest BCUT2D eigenvalue weighted by molar-refractivity contribution is 6.30. The van der Waals surface area contributed by atoms with Gasteiger partial charge in [-0.3, -0.25) is 34.9 Å². The molecule has 0 saturated heterocycles. The van der Waals surface area contributed by atoms with Crippen molar-refractivity contribution in [1.82, 2.24) is 34.9 Å². The van der Waals surface area contributed by atoms with E-state index in [1.165, 1.54) is 39.8 Å². The van der Waals surface area contributed by atoms with Gasteiger partial charge in [0, 0.05) is 128 Å². The number of alkyl halides is 30. The van der Waals surface area contributed by atoms with Crippen LogP contribution in [-0.2, 0) is 37.1 Å². The molecule has 7 aromatic heterocycles. The van der Waals surface area contributed by atoms with Gasteiger partial charge in [-0.25, -0.2) is 70.7 Å². The minimum absolute atomic E-state index is 0.0209. The fourth-order valence-corrected chi connectivity index (χ4v) is 21.8. The predicted octanol–water partition coefficient (Wildman–Crippen LogP) is 30.7. The first-order chi connectivity index (χ1) is 67.0. The van der Waals surface area contributed by atoms with Crippen LogP contribution in [0.4, 0.5) is 151 Å². The molecule has 4 N–H and O–H groups in total. The van der Waals surface area contributed by atoms with Gasteiger partial charge in [0.1, 0.15) is 82.9 Å². The van der Waals surface area contributed by atoms with Crippen molar-refractivity contribution in [3.8, 4) is 33.4 Å². The Morgan fingerprint density at radius 2 is 0.676 bits per heavy atom. The molecule has 0 bridgehead atoms. The van der Waals surface area contributed by atoms with Crippen molar-refractivity contribution in [1.29, 1.82) is 0 Å². The minimum Gasteiger partial charge on any atom is -0.393 e. The second-order valence-electron chi connectivity index (χ2n) is 39.3. The van der Waals surface area contributed by atoms with Crippen LogP contribution in [0.1, 0.15) is 335 Å². The second kappa shape index (κ2) is 41.4. The Kier molecular flexibility index (Phi) is 32.0. The number of aromatic nitrogens is 7. The van der Waals surface area contributed by atoms with Crippen molar-refractivity contribution in [2.24, 2.45) is 10.8 Å². The van der Waals surface area contributed by atoms with Gasteiger partial charge < -0.3 is 20.4 Å². The molecule has 9 aliphatic carbocycles. The van der Waals surface area contributed by atoms with Gasteiger partial charge in [0.25, 0.3) is 0 Å². The summed E-state index contributed by atoms with van der Waals surface area (Å²) in [6.07, 6.45) is -46.7. The van der Waals surface area contributed by atoms with Gasteiger partial charge in [0.15, 0.2) is 54.6 Å². The molecule has 788 valence electrons. The highest BCUT2D eigenvalue weighted by atomic mass is 35.5. The van der Waals surface area contributed by atoms with Crippen LogP contribution >= 0.6 is 11.6 Å². The van der Waals surface area contributed by atoms with Gasteiger partial charge in [0.2, 0.25) is 0 Å². The number of pyridine rings is 7. The maximum absolute atomic E-state index is 14.6. The minimum atomic E-state index is -5.01. The molecule has 6 unspecified atom stereocenters. The monoisotopic (exact) mass is 2120 g/mol. The van der Waals surface area contributed by atoms with Gasteiger partial charge in [-0.05, 0) is 195 Å². The predicted molar refractivity (Wildman–Crippen MR) is 460 cm³/mol. The molecule has 9 aliphatic rings. The Morgan fingerprint density at radius 3 is 1.07 bits per heavy atom. The molecule has 0 spiro atoms. The lowest BCUT2D eigenvalue weighted by molar-refractivity contribution is -0.143. The summed E-state index contributed by atoms with van der Waals surface area (Å²) in [4.78, 5) is 27.1. The number of rotatable bonds is 6. The molecule has 0 aliphatic heterocycles. The van der Waals surface area contributed by atoms with Crippen molar-refractivity contribution < 1.29 is 165 Å². The zero-order valence-corrected chi connectivity index (χ0v) is 78.1. The SMILES string of the molecule is C[C@H]1c2c(C(F)(F)F)ncc(-c3cncc(F)c3)c2[C@@H](F)[C@H]1F.C[C@H]1c2c(C(F)(F)F)ncc(C3CC(C)(C)CCC3O)c2[C@@H](F)[C@H]1F.C[C@H]1c2c(C(F)(F)F)ncc(C3CC(O)CC(C)(C)C3)c2[C@@H](F)[C@H]1F.C[C@H]1c2c(C(F)(F)F)ncc(C3CCCC(O)C3)c2[C@@H](F)[C@H]1F.O[C@H]1c2c(C(F)(F)F)ncc(-c3cc(F)cc(Cl)c3)c2[C@@H](F)[C@H]1F.[C-]#[N+]c1cc(F)cc(-c2cnc(C(F)(F)F)c3c2[C@@H](F)[C@@H](F)[C@H]3C)c1. The van der Waals surface area contributed by atoms with Crippen molar-refractivity contribution in [3.05, 3.63) is 244 Å². The van der Waals surface area contributed by atoms with Crippen LogP contribution in [0, 0.1) is 34.9 Å². The maximum Gasteiger partial charge on any atom is 0.433 e. The number of benzene rings is 2. The average molecular weight is 2120 g/mol. The Morgan fingerprint density at radius 1 is 0.338 bits per heavy atom. The molecule has 0 amide bonds. The molecule has 145 heavy (non-hydrogen) atoms. The molecule has 46 heteroatoms. The lowest BCUT2D eigenvalue weighted by Gasteiger charge is -2.39. The smallest absolute Gasteiger partial charge is 0.393 e. The second-order valence-corrected chi connectivity index (χ2v) is 39.7. The number of aliphatic hydroxyl groups is 4. The third-order valence-electron chi connectivity index (χ3n) is 28.2. The molecular formula is C99H90ClF33N8O4. The molecule has 0 radical (unpaired) electrons. The first-order valence-corrected chi connectivity index (χ1v) is 45.7. The largest absolute Gasteiger partial charge is 0.433 e. The van der Waals surface area contributed by atoms with Crippen LogP contribution < -0.4 is 0 Å². The van der Waals surface area contributed by atoms with E-state index in [-0.39, 0.29) is 106 Å². The summed E-state index contributed by atoms with van der Waals surface area (Å²) in [5.41, 5.74) is -13.4. The fourth-order valence-electron chi connectivity index (χ4n) is 21.6. The molecule has 3 fully saturated rings. The summed E-state index contributed by atoms with van der Waals surface area (Å²) in [5.74, 6) is -9.76. The molecule has 12 nitrogen and oxygen atoms in total. The zero-order valence-electron chi connectivity index (χ0n) is 77.3. The summed E-state index contributed by atoms with van der Waals surface area (Å²) in [6.45, 7) is 20.9. The standard InChI is InChI=1S/2C18H22F5NO.C17H10F6N2.C16H18F5NO.C15H8ClF6NO.C15H10F6N2/c1-8-12-13(15(20)14(8)19)11(7-24-16(12)18(21,22)23)9-4-10(25)6-17(2,3)5-9;1-8-12-13(15(20)14(8)19)10(7-24-16(12)18(21,22)23)9-6-17(2,3)5-4-11(9)25;1-7-12-13(15(20)14(7)19)11(6-25-16(12)17(21,22)23)8-3-9(18)5-10(4-8)24-2;1-7-11-12(14(18)13(7)17)10(6-22-15(11)16(19,20)21)8-3-2-4-9(23)5-8;16-6-1-5(2-7(17)3-6)8-4-23-14(15(20,21)22)10-9(8)11(18)12(19)13(10)24;1-6-10-11(13(18)12(6)17)9(5-23-14(10)15(19,20)21)7-2-8(16)4-22-3-7/h7-10,14-15,25H,4-6H2,1-3H3;7-9,11,14-15,25H,4-6H2,1-3H3;3-7,14-15H,1H3;6-9,13-14,23H,2-5H2,1H3;1-4,11-13,24H;2-6,12-13H,1H3/t8-,9?,10?,14-,15+;8-,9?,11?,14-,15+;7-,14-,15+;7-,8?,9?,13-,14+;11-,12-,13+;6-,12-,13+/m000010/s1. The topological polar surface area (TPSA) is 176 Å². The van der Waals surface area contributed by atoms with E-state index in [0.29, 0.717) is 75.1 Å². The van der Waals surface area contributed by atoms with Gasteiger partial charge in [-0.2, -0.15) is 79.0 Å². The first kappa shape index (κ1) is 112. The molecule has 3 saturated carbocycles. The zero-order chi connectivity index (χ0) is 108. The van der Waals surface area contributed by atoms with Crippen LogP contribution in [0.15, 0.2) is 92.0 Å². The number of fused-ring (bicyclic) bond motifs is 6. The number of nitrogens with zero attached hydrogens (tertiary/aromatic N) is 8. The molecular weight excluding hydrogens is 2030 g/mol. The highest BCUT2D eigenvalue weighted by Gasteiger charge is 2.57. The Hall–Kier alpha value is -10.2. The van der Waals surface area contributed by atoms with E-state index >= 15 is 0 Å². The lowest BCUT2D eigenvalue weighted by Crippen LogP contribution is -2.33. The fraction of sp³-hybridized carbons (Fsp3) is 0.515. The average Bonchev–Trinajstić information content (AvgIpc) is 1.59. The quantitative estimate of drug-likeness (QED) is 0.0921. The maximum atomic E-state index is 14.6. The van der Waals surface area contributed by atoms with Crippen molar-refractivity contribution in [2.45, 2.75) is 309 Å². The normalized spacial score (nSPS) is 29.0. The Labute approximate surface area is 811 Å². The van der Waals surface area contributed by atoms with E-state index in [1.807, 2.05) is 27.7 Å². The third-order valence-corrected chi connectivity index (χ3v) is 28.4. The van der Waals surface area contributed by atoms with E-state index in [2.05, 4.69) is 39.7 Å². The van der Waals surface area contributed by atoms with E-state index in [9.17, 15) is 165 Å². The summed E-state index contributed by atoms with van der Waals surface area (Å²) < 4.78 is 449. The third kappa shape index (κ3) is 22.3. The van der Waals surface area contributed by atoms with E-state index in [0.717, 1.165) is 87.1 Å². The number of aliphatic hydroxyl groups excluding tert-OH is 4. The summed E-state index contributed by atoms with van der Waals surface area (Å²) in [6, 6.07) is 7.09. The van der Waals surface area contributed by atoms with E-state index < -0.39 is 256 Å². The van der Waals surface area contributed by atoms with Crippen LogP contribution in [0.3, 0.4) is 0 Å². The van der Waals surface area contributed by atoms with Crippen LogP contribution in [0.2, 0.25) is 5.02 Å². The van der Waals surface area contributed by atoms with Crippen molar-refractivity contribution in [2.75, 3.05) is 0 Å². The summed E-state index contributed by atoms with van der Waals surface area (Å²) in [7, 11) is 0. The van der Waals surface area contributed by atoms with Gasteiger partial charge in [-0.1, -0.05) is 80.3 Å². The summed E-state index contributed by atoms with van der Waals surface area (Å²) in [5, 5.41) is 39.9. The molecule has 18 rings (SSSR count). The molecule has 24 atom stereocenters. The Bertz CT molecular complexity index is 6310. The number of hydrogen-bond acceptors (Lipinski definition) is 11. The van der Waals surface area contributed by atoms with Gasteiger partial charge >= 0.3 is 37.1 Å². The van der Waals surface area contributed by atoms with Gasteiger partial charge in [-0.15, -0.1) is 0 Å².